The second-order valence-electron chi connectivity index (χ2n) is 5.24. The van der Waals surface area contributed by atoms with Crippen LogP contribution in [0, 0.1) is 5.41 Å². The fourth-order valence-electron chi connectivity index (χ4n) is 2.60. The molecule has 0 saturated carbocycles. The lowest BCUT2D eigenvalue weighted by atomic mass is 10.1. The molecule has 8 heteroatoms. The summed E-state index contributed by atoms with van der Waals surface area (Å²) >= 11 is 0. The van der Waals surface area contributed by atoms with Crippen molar-refractivity contribution in [1.82, 2.24) is 9.96 Å². The van der Waals surface area contributed by atoms with Crippen molar-refractivity contribution in [3.05, 3.63) is 23.9 Å². The molecule has 118 valence electrons. The van der Waals surface area contributed by atoms with Gasteiger partial charge in [-0.1, -0.05) is 12.2 Å². The van der Waals surface area contributed by atoms with E-state index >= 15 is 0 Å². The molecule has 2 rings (SSSR count). The number of rotatable bonds is 3. The Kier molecular flexibility index (Phi) is 5.02. The molecule has 0 aromatic carbocycles. The minimum absolute atomic E-state index is 0.0234. The summed E-state index contributed by atoms with van der Waals surface area (Å²) in [5, 5.41) is 8.87. The second kappa shape index (κ2) is 6.59. The molecule has 0 aliphatic carbocycles. The standard InChI is InChI=1S/C13H21N3O4S/c1-11-9-12(15-7-5-3-2-4-6-8-15)10-13(14)16(11)20-21(17,18)19/h2-3,9,11,14H,4-8,10H2,1H3,(H,17,18,19). The van der Waals surface area contributed by atoms with Crippen LogP contribution in [-0.4, -0.2) is 47.9 Å². The van der Waals surface area contributed by atoms with E-state index in [1.54, 1.807) is 6.92 Å². The van der Waals surface area contributed by atoms with E-state index in [1.165, 1.54) is 0 Å². The Hall–Kier alpha value is -1.38. The van der Waals surface area contributed by atoms with Crippen molar-refractivity contribution in [3.8, 4) is 0 Å². The summed E-state index contributed by atoms with van der Waals surface area (Å²) in [6.45, 7) is 3.54. The summed E-state index contributed by atoms with van der Waals surface area (Å²) in [5.74, 6) is 0.0234. The molecular formula is C13H21N3O4S. The molecule has 0 fully saturated rings. The zero-order valence-corrected chi connectivity index (χ0v) is 12.8. The predicted octanol–water partition coefficient (Wildman–Crippen LogP) is 1.72. The molecule has 2 heterocycles. The molecule has 2 aliphatic heterocycles. The van der Waals surface area contributed by atoms with Crippen LogP contribution in [0.3, 0.4) is 0 Å². The number of hydrogen-bond donors (Lipinski definition) is 2. The number of allylic oxidation sites excluding steroid dienone is 1. The van der Waals surface area contributed by atoms with Crippen LogP contribution in [-0.2, 0) is 14.7 Å². The fourth-order valence-corrected chi connectivity index (χ4v) is 3.03. The van der Waals surface area contributed by atoms with Gasteiger partial charge >= 0.3 is 10.4 Å². The summed E-state index contributed by atoms with van der Waals surface area (Å²) in [5.41, 5.74) is 1.01. The largest absolute Gasteiger partial charge is 0.418 e. The van der Waals surface area contributed by atoms with Crippen molar-refractivity contribution in [2.24, 2.45) is 0 Å². The maximum atomic E-state index is 10.8. The number of nitrogens with one attached hydrogen (secondary N) is 1. The van der Waals surface area contributed by atoms with Crippen LogP contribution in [0.1, 0.15) is 32.6 Å². The summed E-state index contributed by atoms with van der Waals surface area (Å²) in [6, 6.07) is -0.427. The molecule has 21 heavy (non-hydrogen) atoms. The monoisotopic (exact) mass is 315 g/mol. The van der Waals surface area contributed by atoms with Gasteiger partial charge in [-0.05, 0) is 32.3 Å². The molecule has 0 amide bonds. The maximum Gasteiger partial charge on any atom is 0.418 e. The van der Waals surface area contributed by atoms with Gasteiger partial charge in [-0.2, -0.15) is 8.42 Å². The van der Waals surface area contributed by atoms with Gasteiger partial charge < -0.3 is 4.90 Å². The molecule has 0 saturated heterocycles. The summed E-state index contributed by atoms with van der Waals surface area (Å²) in [4.78, 5) is 2.24. The van der Waals surface area contributed by atoms with Gasteiger partial charge in [-0.15, -0.1) is 4.28 Å². The summed E-state index contributed by atoms with van der Waals surface area (Å²) in [6.07, 6.45) is 9.61. The summed E-state index contributed by atoms with van der Waals surface area (Å²) in [7, 11) is -4.61. The Morgan fingerprint density at radius 2 is 2.05 bits per heavy atom. The van der Waals surface area contributed by atoms with Crippen molar-refractivity contribution < 1.29 is 17.3 Å². The van der Waals surface area contributed by atoms with Gasteiger partial charge in [0.1, 0.15) is 5.84 Å². The van der Waals surface area contributed by atoms with Crippen LogP contribution in [0.25, 0.3) is 0 Å². The third-order valence-electron chi connectivity index (χ3n) is 3.53. The van der Waals surface area contributed by atoms with E-state index in [0.29, 0.717) is 6.42 Å². The van der Waals surface area contributed by atoms with Crippen molar-refractivity contribution in [2.75, 3.05) is 13.1 Å². The third kappa shape index (κ3) is 4.55. The van der Waals surface area contributed by atoms with E-state index in [2.05, 4.69) is 21.3 Å². The van der Waals surface area contributed by atoms with Crippen LogP contribution in [0.2, 0.25) is 0 Å². The van der Waals surface area contributed by atoms with Gasteiger partial charge in [0.25, 0.3) is 0 Å². The Labute approximate surface area is 125 Å². The van der Waals surface area contributed by atoms with Gasteiger partial charge in [-0.3, -0.25) is 9.96 Å². The molecular weight excluding hydrogens is 294 g/mol. The van der Waals surface area contributed by atoms with Crippen molar-refractivity contribution in [2.45, 2.75) is 38.6 Å². The van der Waals surface area contributed by atoms with Crippen LogP contribution in [0.4, 0.5) is 0 Å². The molecule has 2 aliphatic rings. The zero-order valence-electron chi connectivity index (χ0n) is 12.0. The van der Waals surface area contributed by atoms with Crippen LogP contribution >= 0.6 is 0 Å². The SMILES string of the molecule is CC1C=C(N2CCC=CCCC2)CC(=N)N1OS(=O)(=O)O. The van der Waals surface area contributed by atoms with Gasteiger partial charge in [0, 0.05) is 25.2 Å². The first-order valence-corrected chi connectivity index (χ1v) is 8.37. The minimum atomic E-state index is -4.61. The lowest BCUT2D eigenvalue weighted by Gasteiger charge is -2.36. The lowest BCUT2D eigenvalue weighted by Crippen LogP contribution is -2.44. The Balaban J connectivity index is 2.11. The number of hydrogen-bond acceptors (Lipinski definition) is 5. The lowest BCUT2D eigenvalue weighted by molar-refractivity contribution is -0.0119. The maximum absolute atomic E-state index is 10.8. The highest BCUT2D eigenvalue weighted by Crippen LogP contribution is 2.23. The van der Waals surface area contributed by atoms with Crippen molar-refractivity contribution >= 4 is 16.2 Å². The van der Waals surface area contributed by atoms with Crippen molar-refractivity contribution in [3.63, 3.8) is 0 Å². The molecule has 0 bridgehead atoms. The van der Waals surface area contributed by atoms with E-state index in [-0.39, 0.29) is 5.84 Å². The fraction of sp³-hybridized carbons (Fsp3) is 0.615. The number of amidine groups is 1. The number of hydroxylamine groups is 2. The Morgan fingerprint density at radius 3 is 2.71 bits per heavy atom. The second-order valence-corrected chi connectivity index (χ2v) is 6.24. The van der Waals surface area contributed by atoms with Gasteiger partial charge in [0.2, 0.25) is 0 Å². The first-order valence-electron chi connectivity index (χ1n) is 7.01. The first-order chi connectivity index (χ1) is 9.87. The van der Waals surface area contributed by atoms with Gasteiger partial charge in [0.05, 0.1) is 6.04 Å². The average Bonchev–Trinajstić information content (AvgIpc) is 2.32. The molecule has 0 aromatic rings. The van der Waals surface area contributed by atoms with Crippen LogP contribution in [0.5, 0.6) is 0 Å². The van der Waals surface area contributed by atoms with E-state index in [1.807, 2.05) is 6.08 Å². The van der Waals surface area contributed by atoms with E-state index in [4.69, 9.17) is 9.96 Å². The average molecular weight is 315 g/mol. The molecule has 7 nitrogen and oxygen atoms in total. The summed E-state index contributed by atoms with van der Waals surface area (Å²) < 4.78 is 34.8. The molecule has 0 radical (unpaired) electrons. The topological polar surface area (TPSA) is 93.9 Å². The molecule has 1 atom stereocenters. The normalized spacial score (nSPS) is 24.6. The van der Waals surface area contributed by atoms with E-state index < -0.39 is 16.4 Å². The van der Waals surface area contributed by atoms with E-state index in [9.17, 15) is 8.42 Å². The van der Waals surface area contributed by atoms with Gasteiger partial charge in [0.15, 0.2) is 0 Å². The Bertz CT molecular complexity index is 556. The van der Waals surface area contributed by atoms with Gasteiger partial charge in [-0.25, -0.2) is 5.06 Å². The van der Waals surface area contributed by atoms with Crippen LogP contribution < -0.4 is 0 Å². The third-order valence-corrected chi connectivity index (χ3v) is 3.88. The highest BCUT2D eigenvalue weighted by molar-refractivity contribution is 7.80. The van der Waals surface area contributed by atoms with Crippen LogP contribution in [0.15, 0.2) is 23.9 Å². The molecule has 1 unspecified atom stereocenters. The minimum Gasteiger partial charge on any atom is -0.374 e. The Morgan fingerprint density at radius 1 is 1.33 bits per heavy atom. The van der Waals surface area contributed by atoms with Crippen molar-refractivity contribution in [1.29, 1.82) is 5.41 Å². The quantitative estimate of drug-likeness (QED) is 0.608. The molecule has 0 aromatic heterocycles. The molecule has 0 spiro atoms. The molecule has 2 N–H and O–H groups in total. The zero-order chi connectivity index (χ0) is 15.5. The smallest absolute Gasteiger partial charge is 0.374 e. The van der Waals surface area contributed by atoms with E-state index in [0.717, 1.165) is 43.1 Å². The number of nitrogens with zero attached hydrogens (tertiary/aromatic N) is 2. The predicted molar refractivity (Wildman–Crippen MR) is 78.9 cm³/mol. The highest BCUT2D eigenvalue weighted by atomic mass is 32.3. The highest BCUT2D eigenvalue weighted by Gasteiger charge is 2.29. The first kappa shape index (κ1) is 16.0.